The van der Waals surface area contributed by atoms with Crippen molar-refractivity contribution in [1.82, 2.24) is 9.36 Å². The SMILES string of the molecule is Cc1nsc(N(C)C(=O)c2ccc(=O)[nH]c2)c1C(=O)O. The molecule has 2 aromatic heterocycles. The van der Waals surface area contributed by atoms with E-state index in [1.165, 1.54) is 30.3 Å². The lowest BCUT2D eigenvalue weighted by atomic mass is 10.2. The van der Waals surface area contributed by atoms with Gasteiger partial charge in [-0.2, -0.15) is 4.37 Å². The van der Waals surface area contributed by atoms with Crippen LogP contribution in [0.1, 0.15) is 26.4 Å². The molecule has 0 spiro atoms. The molecule has 104 valence electrons. The zero-order chi connectivity index (χ0) is 14.9. The van der Waals surface area contributed by atoms with E-state index in [4.69, 9.17) is 5.11 Å². The van der Waals surface area contributed by atoms with Crippen molar-refractivity contribution in [2.45, 2.75) is 6.92 Å². The predicted molar refractivity (Wildman–Crippen MR) is 73.6 cm³/mol. The number of H-pyrrole nitrogens is 1. The van der Waals surface area contributed by atoms with Crippen molar-refractivity contribution in [1.29, 1.82) is 0 Å². The lowest BCUT2D eigenvalue weighted by Gasteiger charge is -2.15. The largest absolute Gasteiger partial charge is 0.478 e. The maximum Gasteiger partial charge on any atom is 0.340 e. The van der Waals surface area contributed by atoms with Crippen LogP contribution in [0.2, 0.25) is 0 Å². The van der Waals surface area contributed by atoms with Crippen molar-refractivity contribution in [2.24, 2.45) is 0 Å². The van der Waals surface area contributed by atoms with E-state index in [9.17, 15) is 14.4 Å². The maximum absolute atomic E-state index is 12.2. The monoisotopic (exact) mass is 293 g/mol. The van der Waals surface area contributed by atoms with Crippen LogP contribution in [0.15, 0.2) is 23.1 Å². The van der Waals surface area contributed by atoms with Gasteiger partial charge in [-0.3, -0.25) is 9.59 Å². The first kappa shape index (κ1) is 13.9. The third kappa shape index (κ3) is 2.45. The summed E-state index contributed by atoms with van der Waals surface area (Å²) in [5.41, 5.74) is 0.312. The standard InChI is InChI=1S/C12H11N3O4S/c1-6-9(12(18)19)11(20-14-6)15(2)10(17)7-3-4-8(16)13-5-7/h3-5H,1-2H3,(H,13,16)(H,18,19). The highest BCUT2D eigenvalue weighted by atomic mass is 32.1. The van der Waals surface area contributed by atoms with Gasteiger partial charge < -0.3 is 15.0 Å². The summed E-state index contributed by atoms with van der Waals surface area (Å²) in [4.78, 5) is 38.0. The number of carbonyl (C=O) groups excluding carboxylic acids is 1. The van der Waals surface area contributed by atoms with Crippen LogP contribution in [0, 0.1) is 6.92 Å². The Labute approximate surface area is 117 Å². The molecule has 0 radical (unpaired) electrons. The third-order valence-corrected chi connectivity index (χ3v) is 3.72. The zero-order valence-corrected chi connectivity index (χ0v) is 11.5. The second-order valence-electron chi connectivity index (χ2n) is 4.06. The predicted octanol–water partition coefficient (Wildman–Crippen LogP) is 1.11. The van der Waals surface area contributed by atoms with Gasteiger partial charge >= 0.3 is 5.97 Å². The van der Waals surface area contributed by atoms with E-state index in [0.717, 1.165) is 11.5 Å². The van der Waals surface area contributed by atoms with E-state index in [0.29, 0.717) is 5.69 Å². The molecule has 0 saturated carbocycles. The Balaban J connectivity index is 2.39. The van der Waals surface area contributed by atoms with Crippen LogP contribution < -0.4 is 10.5 Å². The van der Waals surface area contributed by atoms with Crippen LogP contribution in [0.5, 0.6) is 0 Å². The average molecular weight is 293 g/mol. The first-order valence-corrected chi connectivity index (χ1v) is 6.35. The number of hydrogen-bond acceptors (Lipinski definition) is 5. The summed E-state index contributed by atoms with van der Waals surface area (Å²) >= 11 is 0.941. The number of aromatic carboxylic acids is 1. The number of carboxylic acids is 1. The fourth-order valence-corrected chi connectivity index (χ4v) is 2.51. The summed E-state index contributed by atoms with van der Waals surface area (Å²) in [6, 6.07) is 2.61. The number of carbonyl (C=O) groups is 2. The highest BCUT2D eigenvalue weighted by molar-refractivity contribution is 7.11. The molecule has 0 bridgehead atoms. The molecule has 0 aliphatic rings. The van der Waals surface area contributed by atoms with Gasteiger partial charge in [0.25, 0.3) is 5.91 Å². The fourth-order valence-electron chi connectivity index (χ4n) is 1.66. The third-order valence-electron chi connectivity index (χ3n) is 2.70. The molecular formula is C12H11N3O4S. The first-order valence-electron chi connectivity index (χ1n) is 5.58. The number of pyridine rings is 1. The number of carboxylic acid groups (broad SMARTS) is 1. The quantitative estimate of drug-likeness (QED) is 0.882. The number of rotatable bonds is 3. The number of amides is 1. The van der Waals surface area contributed by atoms with Crippen molar-refractivity contribution in [3.63, 3.8) is 0 Å². The molecule has 0 fully saturated rings. The topological polar surface area (TPSA) is 103 Å². The molecule has 0 saturated heterocycles. The van der Waals surface area contributed by atoms with Gasteiger partial charge in [-0.15, -0.1) is 0 Å². The van der Waals surface area contributed by atoms with Crippen LogP contribution >= 0.6 is 11.5 Å². The van der Waals surface area contributed by atoms with E-state index in [1.54, 1.807) is 6.92 Å². The number of aryl methyl sites for hydroxylation is 1. The molecule has 0 aromatic carbocycles. The van der Waals surface area contributed by atoms with Gasteiger partial charge in [0.1, 0.15) is 10.6 Å². The molecule has 0 atom stereocenters. The summed E-state index contributed by atoms with van der Waals surface area (Å²) in [6.45, 7) is 1.57. The Morgan fingerprint density at radius 1 is 1.40 bits per heavy atom. The van der Waals surface area contributed by atoms with Crippen LogP contribution in [0.3, 0.4) is 0 Å². The molecule has 2 N–H and O–H groups in total. The summed E-state index contributed by atoms with van der Waals surface area (Å²) in [7, 11) is 1.47. The molecule has 0 aliphatic heterocycles. The lowest BCUT2D eigenvalue weighted by molar-refractivity contribution is 0.0697. The van der Waals surface area contributed by atoms with Crippen molar-refractivity contribution >= 4 is 28.4 Å². The maximum atomic E-state index is 12.2. The highest BCUT2D eigenvalue weighted by Crippen LogP contribution is 2.28. The number of aromatic nitrogens is 2. The van der Waals surface area contributed by atoms with Gasteiger partial charge in [0, 0.05) is 19.3 Å². The van der Waals surface area contributed by atoms with E-state index < -0.39 is 11.9 Å². The molecule has 2 rings (SSSR count). The second kappa shape index (κ2) is 5.25. The molecule has 8 heteroatoms. The summed E-state index contributed by atoms with van der Waals surface area (Å²) in [5, 5.41) is 9.41. The number of nitrogens with zero attached hydrogens (tertiary/aromatic N) is 2. The van der Waals surface area contributed by atoms with Gasteiger partial charge in [-0.1, -0.05) is 0 Å². The molecule has 0 unspecified atom stereocenters. The van der Waals surface area contributed by atoms with Crippen LogP contribution in [-0.4, -0.2) is 33.4 Å². The number of anilines is 1. The van der Waals surface area contributed by atoms with E-state index in [-0.39, 0.29) is 21.7 Å². The van der Waals surface area contributed by atoms with Gasteiger partial charge in [0.05, 0.1) is 11.3 Å². The Kier molecular flexibility index (Phi) is 3.66. The number of hydrogen-bond donors (Lipinski definition) is 2. The molecular weight excluding hydrogens is 282 g/mol. The number of aromatic amines is 1. The normalized spacial score (nSPS) is 10.3. The van der Waals surface area contributed by atoms with Crippen LogP contribution in [-0.2, 0) is 0 Å². The molecule has 0 aliphatic carbocycles. The van der Waals surface area contributed by atoms with Gasteiger partial charge in [0.15, 0.2) is 0 Å². The number of nitrogens with one attached hydrogen (secondary N) is 1. The molecule has 20 heavy (non-hydrogen) atoms. The smallest absolute Gasteiger partial charge is 0.340 e. The van der Waals surface area contributed by atoms with Gasteiger partial charge in [-0.05, 0) is 24.5 Å². The van der Waals surface area contributed by atoms with Crippen molar-refractivity contribution in [3.8, 4) is 0 Å². The van der Waals surface area contributed by atoms with Gasteiger partial charge in [0.2, 0.25) is 5.56 Å². The van der Waals surface area contributed by atoms with E-state index >= 15 is 0 Å². The molecule has 7 nitrogen and oxygen atoms in total. The van der Waals surface area contributed by atoms with Crippen LogP contribution in [0.4, 0.5) is 5.00 Å². The second-order valence-corrected chi connectivity index (χ2v) is 4.81. The molecule has 1 amide bonds. The summed E-state index contributed by atoms with van der Waals surface area (Å²) in [6.07, 6.45) is 1.29. The van der Waals surface area contributed by atoms with Crippen LogP contribution in [0.25, 0.3) is 0 Å². The Morgan fingerprint density at radius 3 is 2.65 bits per heavy atom. The molecule has 2 aromatic rings. The van der Waals surface area contributed by atoms with Gasteiger partial charge in [-0.25, -0.2) is 4.79 Å². The fraction of sp³-hybridized carbons (Fsp3) is 0.167. The average Bonchev–Trinajstić information content (AvgIpc) is 2.80. The zero-order valence-electron chi connectivity index (χ0n) is 10.7. The Morgan fingerprint density at radius 2 is 2.10 bits per heavy atom. The van der Waals surface area contributed by atoms with Crippen molar-refractivity contribution in [2.75, 3.05) is 11.9 Å². The van der Waals surface area contributed by atoms with Crippen molar-refractivity contribution in [3.05, 3.63) is 45.5 Å². The molecule has 2 heterocycles. The first-order chi connectivity index (χ1) is 9.41. The lowest BCUT2D eigenvalue weighted by Crippen LogP contribution is -2.27. The minimum Gasteiger partial charge on any atom is -0.478 e. The highest BCUT2D eigenvalue weighted by Gasteiger charge is 2.24. The van der Waals surface area contributed by atoms with E-state index in [1.807, 2.05) is 0 Å². The minimum absolute atomic E-state index is 0.00951. The Bertz CT molecular complexity index is 714. The van der Waals surface area contributed by atoms with Crippen molar-refractivity contribution < 1.29 is 14.7 Å². The summed E-state index contributed by atoms with van der Waals surface area (Å²) in [5.74, 6) is -1.56. The minimum atomic E-state index is -1.13. The van der Waals surface area contributed by atoms with E-state index in [2.05, 4.69) is 9.36 Å². The summed E-state index contributed by atoms with van der Waals surface area (Å²) < 4.78 is 3.96. The Hall–Kier alpha value is -2.48.